The Balaban J connectivity index is 2.28. The lowest BCUT2D eigenvalue weighted by molar-refractivity contribution is 0.628. The van der Waals surface area contributed by atoms with Crippen molar-refractivity contribution in [1.29, 1.82) is 0 Å². The molecule has 0 aromatic heterocycles. The quantitative estimate of drug-likeness (QED) is 0.688. The molecule has 20 heavy (non-hydrogen) atoms. The van der Waals surface area contributed by atoms with E-state index in [1.807, 2.05) is 13.0 Å². The number of halogens is 4. The Morgan fingerprint density at radius 2 is 1.80 bits per heavy atom. The molecule has 0 heterocycles. The lowest BCUT2D eigenvalue weighted by Gasteiger charge is -2.21. The van der Waals surface area contributed by atoms with Crippen molar-refractivity contribution in [2.24, 2.45) is 0 Å². The summed E-state index contributed by atoms with van der Waals surface area (Å²) in [4.78, 5) is 0. The fourth-order valence-electron chi connectivity index (χ4n) is 1.98. The maximum absolute atomic E-state index is 13.1. The average Bonchev–Trinajstić information content (AvgIpc) is 2.39. The summed E-state index contributed by atoms with van der Waals surface area (Å²) in [6.45, 7) is 2.03. The maximum Gasteiger partial charge on any atom is 0.124 e. The first-order valence-electron chi connectivity index (χ1n) is 6.17. The van der Waals surface area contributed by atoms with Crippen LogP contribution in [0.15, 0.2) is 36.4 Å². The molecule has 1 nitrogen and oxygen atoms in total. The zero-order valence-electron chi connectivity index (χ0n) is 10.8. The van der Waals surface area contributed by atoms with E-state index in [-0.39, 0.29) is 11.9 Å². The van der Waals surface area contributed by atoms with Gasteiger partial charge in [-0.05, 0) is 42.3 Å². The van der Waals surface area contributed by atoms with E-state index in [0.717, 1.165) is 12.0 Å². The lowest BCUT2D eigenvalue weighted by Crippen LogP contribution is -2.10. The van der Waals surface area contributed by atoms with Crippen molar-refractivity contribution in [1.82, 2.24) is 0 Å². The molecule has 2 aromatic rings. The van der Waals surface area contributed by atoms with Crippen LogP contribution in [0.25, 0.3) is 0 Å². The van der Waals surface area contributed by atoms with Crippen molar-refractivity contribution in [3.63, 3.8) is 0 Å². The number of hydrogen-bond donors (Lipinski definition) is 1. The van der Waals surface area contributed by atoms with Gasteiger partial charge in [0, 0.05) is 10.0 Å². The molecule has 0 saturated carbocycles. The molecule has 0 aliphatic heterocycles. The van der Waals surface area contributed by atoms with Crippen LogP contribution < -0.4 is 5.32 Å². The highest BCUT2D eigenvalue weighted by Gasteiger charge is 2.14. The van der Waals surface area contributed by atoms with Crippen LogP contribution in [0.4, 0.5) is 10.1 Å². The average molecular weight is 333 g/mol. The highest BCUT2D eigenvalue weighted by atomic mass is 35.5. The van der Waals surface area contributed by atoms with E-state index in [1.165, 1.54) is 12.1 Å². The zero-order valence-corrected chi connectivity index (χ0v) is 13.0. The van der Waals surface area contributed by atoms with Gasteiger partial charge in [0.15, 0.2) is 0 Å². The van der Waals surface area contributed by atoms with Crippen LogP contribution in [0, 0.1) is 5.82 Å². The Kier molecular flexibility index (Phi) is 5.14. The summed E-state index contributed by atoms with van der Waals surface area (Å²) in [5.74, 6) is -0.363. The second-order valence-corrected chi connectivity index (χ2v) is 5.65. The van der Waals surface area contributed by atoms with Crippen LogP contribution in [0.2, 0.25) is 15.1 Å². The van der Waals surface area contributed by atoms with Crippen LogP contribution in [0.5, 0.6) is 0 Å². The maximum atomic E-state index is 13.1. The van der Waals surface area contributed by atoms with Crippen LogP contribution in [0.1, 0.15) is 24.9 Å². The van der Waals surface area contributed by atoms with Gasteiger partial charge in [0.1, 0.15) is 5.82 Å². The third-order valence-corrected chi connectivity index (χ3v) is 3.88. The minimum atomic E-state index is -0.363. The summed E-state index contributed by atoms with van der Waals surface area (Å²) in [7, 11) is 0. The molecule has 0 fully saturated rings. The summed E-state index contributed by atoms with van der Waals surface area (Å²) in [5.41, 5.74) is 1.60. The van der Waals surface area contributed by atoms with Gasteiger partial charge >= 0.3 is 0 Å². The Labute approximate surface area is 132 Å². The Morgan fingerprint density at radius 1 is 1.05 bits per heavy atom. The molecule has 1 N–H and O–H groups in total. The summed E-state index contributed by atoms with van der Waals surface area (Å²) in [6.07, 6.45) is 0.801. The van der Waals surface area contributed by atoms with Gasteiger partial charge < -0.3 is 5.32 Å². The SMILES string of the molecule is CCC(Nc1ccc(F)cc1Cl)c1ccc(Cl)cc1Cl. The van der Waals surface area contributed by atoms with Gasteiger partial charge in [-0.15, -0.1) is 0 Å². The molecule has 0 spiro atoms. The third kappa shape index (κ3) is 3.57. The predicted molar refractivity (Wildman–Crippen MR) is 84.5 cm³/mol. The molecular formula is C15H13Cl3FN. The van der Waals surface area contributed by atoms with Crippen LogP contribution >= 0.6 is 34.8 Å². The van der Waals surface area contributed by atoms with E-state index in [1.54, 1.807) is 18.2 Å². The molecule has 0 aliphatic rings. The van der Waals surface area contributed by atoms with E-state index in [4.69, 9.17) is 34.8 Å². The summed E-state index contributed by atoms with van der Waals surface area (Å²) < 4.78 is 13.1. The molecule has 0 aliphatic carbocycles. The standard InChI is InChI=1S/C15H13Cl3FN/c1-2-14(11-5-3-9(16)7-12(11)17)20-15-6-4-10(19)8-13(15)18/h3-8,14,20H,2H2,1H3. The van der Waals surface area contributed by atoms with E-state index in [9.17, 15) is 4.39 Å². The minimum absolute atomic E-state index is 0.0253. The lowest BCUT2D eigenvalue weighted by atomic mass is 10.0. The molecule has 5 heteroatoms. The number of benzene rings is 2. The van der Waals surface area contributed by atoms with Crippen molar-refractivity contribution in [2.75, 3.05) is 5.32 Å². The van der Waals surface area contributed by atoms with Gasteiger partial charge in [0.05, 0.1) is 16.8 Å². The van der Waals surface area contributed by atoms with Gasteiger partial charge in [-0.2, -0.15) is 0 Å². The second kappa shape index (κ2) is 6.66. The molecule has 106 valence electrons. The molecule has 0 bridgehead atoms. The Morgan fingerprint density at radius 3 is 2.40 bits per heavy atom. The van der Waals surface area contributed by atoms with Gasteiger partial charge in [0.2, 0.25) is 0 Å². The highest BCUT2D eigenvalue weighted by Crippen LogP contribution is 2.32. The van der Waals surface area contributed by atoms with Crippen molar-refractivity contribution in [3.8, 4) is 0 Å². The van der Waals surface area contributed by atoms with Gasteiger partial charge in [-0.3, -0.25) is 0 Å². The molecule has 2 aromatic carbocycles. The Hall–Kier alpha value is -0.960. The first-order chi connectivity index (χ1) is 9.51. The summed E-state index contributed by atoms with van der Waals surface area (Å²) >= 11 is 18.1. The molecule has 0 radical (unpaired) electrons. The number of hydrogen-bond acceptors (Lipinski definition) is 1. The number of nitrogens with one attached hydrogen (secondary N) is 1. The van der Waals surface area contributed by atoms with E-state index in [2.05, 4.69) is 5.32 Å². The van der Waals surface area contributed by atoms with Gasteiger partial charge in [-0.25, -0.2) is 4.39 Å². The van der Waals surface area contributed by atoms with Gasteiger partial charge in [-0.1, -0.05) is 47.8 Å². The van der Waals surface area contributed by atoms with E-state index < -0.39 is 0 Å². The van der Waals surface area contributed by atoms with Crippen molar-refractivity contribution >= 4 is 40.5 Å². The fraction of sp³-hybridized carbons (Fsp3) is 0.200. The molecule has 0 amide bonds. The van der Waals surface area contributed by atoms with Crippen LogP contribution in [-0.2, 0) is 0 Å². The summed E-state index contributed by atoms with van der Waals surface area (Å²) in [5, 5.41) is 4.80. The monoisotopic (exact) mass is 331 g/mol. The topological polar surface area (TPSA) is 12.0 Å². The first kappa shape index (κ1) is 15.4. The molecule has 0 saturated heterocycles. The second-order valence-electron chi connectivity index (χ2n) is 4.40. The largest absolute Gasteiger partial charge is 0.377 e. The summed E-state index contributed by atoms with van der Waals surface area (Å²) in [6, 6.07) is 9.61. The van der Waals surface area contributed by atoms with Crippen molar-refractivity contribution < 1.29 is 4.39 Å². The van der Waals surface area contributed by atoms with Crippen molar-refractivity contribution in [3.05, 3.63) is 62.8 Å². The first-order valence-corrected chi connectivity index (χ1v) is 7.31. The molecule has 2 rings (SSSR count). The van der Waals surface area contributed by atoms with E-state index in [0.29, 0.717) is 20.8 Å². The highest BCUT2D eigenvalue weighted by molar-refractivity contribution is 6.35. The number of rotatable bonds is 4. The van der Waals surface area contributed by atoms with Gasteiger partial charge in [0.25, 0.3) is 0 Å². The van der Waals surface area contributed by atoms with Crippen molar-refractivity contribution in [2.45, 2.75) is 19.4 Å². The minimum Gasteiger partial charge on any atom is -0.377 e. The van der Waals surface area contributed by atoms with E-state index >= 15 is 0 Å². The number of anilines is 1. The molecular weight excluding hydrogens is 320 g/mol. The Bertz CT molecular complexity index is 616. The zero-order chi connectivity index (χ0) is 14.7. The fourth-order valence-corrected chi connectivity index (χ4v) is 2.74. The predicted octanol–water partition coefficient (Wildman–Crippen LogP) is 6.35. The van der Waals surface area contributed by atoms with Crippen LogP contribution in [0.3, 0.4) is 0 Å². The normalized spacial score (nSPS) is 12.2. The molecule has 1 atom stereocenters. The third-order valence-electron chi connectivity index (χ3n) is 3.01. The smallest absolute Gasteiger partial charge is 0.124 e. The van der Waals surface area contributed by atoms with Crippen LogP contribution in [-0.4, -0.2) is 0 Å². The molecule has 1 unspecified atom stereocenters.